The van der Waals surface area contributed by atoms with Gasteiger partial charge in [-0.2, -0.15) is 0 Å². The molecule has 1 atom stereocenters. The largest absolute Gasteiger partial charge is 0.385 e. The molecule has 1 N–H and O–H groups in total. The first-order chi connectivity index (χ1) is 9.16. The van der Waals surface area contributed by atoms with Gasteiger partial charge in [-0.3, -0.25) is 9.69 Å². The van der Waals surface area contributed by atoms with E-state index in [1.165, 1.54) is 0 Å². The SMILES string of the molecule is COCCCCNC(=O)C(c1ccccc1)N(C)C. The monoisotopic (exact) mass is 264 g/mol. The molecule has 0 saturated carbocycles. The van der Waals surface area contributed by atoms with E-state index in [-0.39, 0.29) is 11.9 Å². The molecule has 0 saturated heterocycles. The molecule has 4 heteroatoms. The molecule has 0 aliphatic rings. The number of benzene rings is 1. The molecule has 0 aromatic heterocycles. The molecule has 0 fully saturated rings. The van der Waals surface area contributed by atoms with Crippen molar-refractivity contribution in [2.75, 3.05) is 34.4 Å². The Morgan fingerprint density at radius 1 is 1.26 bits per heavy atom. The molecular weight excluding hydrogens is 240 g/mol. The summed E-state index contributed by atoms with van der Waals surface area (Å²) in [5, 5.41) is 2.99. The summed E-state index contributed by atoms with van der Waals surface area (Å²) in [7, 11) is 5.53. The number of hydrogen-bond donors (Lipinski definition) is 1. The van der Waals surface area contributed by atoms with E-state index in [9.17, 15) is 4.79 Å². The number of carbonyl (C=O) groups excluding carboxylic acids is 1. The minimum atomic E-state index is -0.233. The Balaban J connectivity index is 2.51. The van der Waals surface area contributed by atoms with Crippen LogP contribution in [0.5, 0.6) is 0 Å². The van der Waals surface area contributed by atoms with E-state index in [4.69, 9.17) is 4.74 Å². The average molecular weight is 264 g/mol. The third-order valence-corrected chi connectivity index (χ3v) is 2.95. The molecule has 4 nitrogen and oxygen atoms in total. The Kier molecular flexibility index (Phi) is 7.15. The maximum atomic E-state index is 12.2. The minimum absolute atomic E-state index is 0.0496. The van der Waals surface area contributed by atoms with Gasteiger partial charge in [0.2, 0.25) is 5.91 Å². The summed E-state index contributed by atoms with van der Waals surface area (Å²) in [6.07, 6.45) is 1.91. The van der Waals surface area contributed by atoms with Crippen LogP contribution in [-0.4, -0.2) is 45.2 Å². The topological polar surface area (TPSA) is 41.6 Å². The zero-order chi connectivity index (χ0) is 14.1. The number of unbranched alkanes of at least 4 members (excludes halogenated alkanes) is 1. The van der Waals surface area contributed by atoms with Crippen LogP contribution in [0.15, 0.2) is 30.3 Å². The predicted molar refractivity (Wildman–Crippen MR) is 77.0 cm³/mol. The number of hydrogen-bond acceptors (Lipinski definition) is 3. The van der Waals surface area contributed by atoms with Crippen molar-refractivity contribution < 1.29 is 9.53 Å². The lowest BCUT2D eigenvalue weighted by atomic mass is 10.1. The third-order valence-electron chi connectivity index (χ3n) is 2.95. The molecule has 19 heavy (non-hydrogen) atoms. The van der Waals surface area contributed by atoms with E-state index in [1.807, 2.05) is 49.3 Å². The molecule has 1 aromatic carbocycles. The second kappa shape index (κ2) is 8.67. The van der Waals surface area contributed by atoms with Crippen LogP contribution in [0.4, 0.5) is 0 Å². The molecule has 0 spiro atoms. The maximum absolute atomic E-state index is 12.2. The molecule has 0 bridgehead atoms. The molecule has 0 aliphatic carbocycles. The second-order valence-corrected chi connectivity index (χ2v) is 4.77. The van der Waals surface area contributed by atoms with Gasteiger partial charge in [-0.25, -0.2) is 0 Å². The van der Waals surface area contributed by atoms with Crippen molar-refractivity contribution in [3.8, 4) is 0 Å². The number of nitrogens with one attached hydrogen (secondary N) is 1. The predicted octanol–water partition coefficient (Wildman–Crippen LogP) is 1.83. The molecule has 0 heterocycles. The lowest BCUT2D eigenvalue weighted by Gasteiger charge is -2.23. The normalized spacial score (nSPS) is 12.4. The summed E-state index contributed by atoms with van der Waals surface area (Å²) in [5.74, 6) is 0.0496. The quantitative estimate of drug-likeness (QED) is 0.728. The number of ether oxygens (including phenoxy) is 1. The van der Waals surface area contributed by atoms with Gasteiger partial charge in [-0.05, 0) is 32.5 Å². The van der Waals surface area contributed by atoms with Gasteiger partial charge in [-0.15, -0.1) is 0 Å². The summed E-state index contributed by atoms with van der Waals surface area (Å²) in [6, 6.07) is 9.60. The van der Waals surface area contributed by atoms with Crippen LogP contribution in [0.3, 0.4) is 0 Å². The molecule has 1 aromatic rings. The molecule has 0 aliphatic heterocycles. The molecule has 1 rings (SSSR count). The lowest BCUT2D eigenvalue weighted by molar-refractivity contribution is -0.125. The van der Waals surface area contributed by atoms with E-state index in [0.717, 1.165) is 25.0 Å². The fourth-order valence-corrected chi connectivity index (χ4v) is 2.00. The minimum Gasteiger partial charge on any atom is -0.385 e. The Hall–Kier alpha value is -1.39. The van der Waals surface area contributed by atoms with Gasteiger partial charge < -0.3 is 10.1 Å². The number of nitrogens with zero attached hydrogens (tertiary/aromatic N) is 1. The molecule has 0 radical (unpaired) electrons. The summed E-state index contributed by atoms with van der Waals surface area (Å²) >= 11 is 0. The number of likely N-dealkylation sites (N-methyl/N-ethyl adjacent to an activating group) is 1. The van der Waals surface area contributed by atoms with Crippen molar-refractivity contribution >= 4 is 5.91 Å². The molecule has 1 unspecified atom stereocenters. The van der Waals surface area contributed by atoms with Gasteiger partial charge in [-0.1, -0.05) is 30.3 Å². The van der Waals surface area contributed by atoms with Gasteiger partial charge in [0.15, 0.2) is 0 Å². The smallest absolute Gasteiger partial charge is 0.241 e. The first kappa shape index (κ1) is 15.7. The van der Waals surface area contributed by atoms with E-state index < -0.39 is 0 Å². The molecule has 1 amide bonds. The van der Waals surface area contributed by atoms with E-state index in [2.05, 4.69) is 5.32 Å². The zero-order valence-electron chi connectivity index (χ0n) is 12.1. The highest BCUT2D eigenvalue weighted by Gasteiger charge is 2.21. The molecule has 106 valence electrons. The molecular formula is C15H24N2O2. The van der Waals surface area contributed by atoms with E-state index in [1.54, 1.807) is 7.11 Å². The highest BCUT2D eigenvalue weighted by atomic mass is 16.5. The van der Waals surface area contributed by atoms with Gasteiger partial charge in [0.1, 0.15) is 6.04 Å². The number of methoxy groups -OCH3 is 1. The highest BCUT2D eigenvalue weighted by Crippen LogP contribution is 2.17. The Morgan fingerprint density at radius 2 is 1.95 bits per heavy atom. The second-order valence-electron chi connectivity index (χ2n) is 4.77. The van der Waals surface area contributed by atoms with Gasteiger partial charge in [0, 0.05) is 20.3 Å². The van der Waals surface area contributed by atoms with Gasteiger partial charge in [0.05, 0.1) is 0 Å². The van der Waals surface area contributed by atoms with Crippen LogP contribution in [0.2, 0.25) is 0 Å². The first-order valence-corrected chi connectivity index (χ1v) is 6.65. The van der Waals surface area contributed by atoms with Crippen LogP contribution in [-0.2, 0) is 9.53 Å². The summed E-state index contributed by atoms with van der Waals surface area (Å²) in [5.41, 5.74) is 1.02. The van der Waals surface area contributed by atoms with Gasteiger partial charge in [0.25, 0.3) is 0 Å². The summed E-state index contributed by atoms with van der Waals surface area (Å²) in [6.45, 7) is 1.44. The Morgan fingerprint density at radius 3 is 2.53 bits per heavy atom. The average Bonchev–Trinajstić information content (AvgIpc) is 2.39. The Labute approximate surface area is 115 Å². The van der Waals surface area contributed by atoms with Crippen molar-refractivity contribution in [1.82, 2.24) is 10.2 Å². The van der Waals surface area contributed by atoms with Crippen molar-refractivity contribution in [3.05, 3.63) is 35.9 Å². The van der Waals surface area contributed by atoms with Crippen molar-refractivity contribution in [2.45, 2.75) is 18.9 Å². The van der Waals surface area contributed by atoms with E-state index >= 15 is 0 Å². The van der Waals surface area contributed by atoms with Crippen LogP contribution < -0.4 is 5.32 Å². The van der Waals surface area contributed by atoms with Crippen LogP contribution in [0.1, 0.15) is 24.4 Å². The van der Waals surface area contributed by atoms with Crippen molar-refractivity contribution in [2.24, 2.45) is 0 Å². The number of carbonyl (C=O) groups is 1. The fourth-order valence-electron chi connectivity index (χ4n) is 2.00. The maximum Gasteiger partial charge on any atom is 0.241 e. The first-order valence-electron chi connectivity index (χ1n) is 6.65. The number of amides is 1. The van der Waals surface area contributed by atoms with E-state index in [0.29, 0.717) is 6.54 Å². The van der Waals surface area contributed by atoms with Crippen molar-refractivity contribution in [1.29, 1.82) is 0 Å². The highest BCUT2D eigenvalue weighted by molar-refractivity contribution is 5.83. The number of rotatable bonds is 8. The standard InChI is InChI=1S/C15H24N2O2/c1-17(2)14(13-9-5-4-6-10-13)15(18)16-11-7-8-12-19-3/h4-6,9-10,14H,7-8,11-12H2,1-3H3,(H,16,18). The lowest BCUT2D eigenvalue weighted by Crippen LogP contribution is -2.37. The third kappa shape index (κ3) is 5.41. The zero-order valence-corrected chi connectivity index (χ0v) is 12.1. The summed E-state index contributed by atoms with van der Waals surface area (Å²) < 4.78 is 4.98. The van der Waals surface area contributed by atoms with Gasteiger partial charge >= 0.3 is 0 Å². The summed E-state index contributed by atoms with van der Waals surface area (Å²) in [4.78, 5) is 14.2. The Bertz CT molecular complexity index is 366. The van der Waals surface area contributed by atoms with Crippen LogP contribution in [0.25, 0.3) is 0 Å². The van der Waals surface area contributed by atoms with Crippen LogP contribution >= 0.6 is 0 Å². The van der Waals surface area contributed by atoms with Crippen LogP contribution in [0, 0.1) is 0 Å². The fraction of sp³-hybridized carbons (Fsp3) is 0.533. The van der Waals surface area contributed by atoms with Crippen molar-refractivity contribution in [3.63, 3.8) is 0 Å².